The van der Waals surface area contributed by atoms with Crippen molar-refractivity contribution >= 4 is 46.5 Å². The number of rotatable bonds is 13. The van der Waals surface area contributed by atoms with E-state index in [-0.39, 0.29) is 11.6 Å². The van der Waals surface area contributed by atoms with Crippen molar-refractivity contribution in [3.63, 3.8) is 0 Å². The van der Waals surface area contributed by atoms with Crippen LogP contribution in [0.15, 0.2) is 132 Å². The first-order chi connectivity index (χ1) is 25.7. The second kappa shape index (κ2) is 15.2. The molecule has 5 aromatic carbocycles. The number of para-hydroxylation sites is 1. The largest absolute Gasteiger partial charge is 0.496 e. The number of aromatic nitrogens is 1. The molecule has 2 heterocycles. The van der Waals surface area contributed by atoms with Gasteiger partial charge in [-0.2, -0.15) is 0 Å². The molecule has 0 aliphatic rings. The number of fused-ring (bicyclic) bond motifs is 2. The molecule has 0 saturated heterocycles. The first-order valence-corrected chi connectivity index (χ1v) is 20.0. The van der Waals surface area contributed by atoms with Gasteiger partial charge in [0.25, 0.3) is 8.32 Å². The third-order valence-corrected chi connectivity index (χ3v) is 14.8. The quantitative estimate of drug-likeness (QED) is 0.0943. The standard InChI is InChI=1S/C45H45NO6Si/c1-6-49-44(47)33-28-39(48-5)41-36(25-26-51-53(45(2,3)4,34-20-12-8-13-21-34)35-22-14-9-15-23-35)43(52-40(41)29-33)37-27-32-19-16-24-38(42(32)46-37)50-30-31-17-10-7-11-18-31/h7-24,27-29,46H,6,25-26,30H2,1-5H3. The van der Waals surface area contributed by atoms with E-state index in [1.807, 2.05) is 42.5 Å². The number of carbonyl (C=O) groups is 1. The smallest absolute Gasteiger partial charge is 0.338 e. The molecule has 0 atom stereocenters. The van der Waals surface area contributed by atoms with Gasteiger partial charge in [0.15, 0.2) is 5.76 Å². The Kier molecular flexibility index (Phi) is 10.3. The van der Waals surface area contributed by atoms with Gasteiger partial charge in [-0.25, -0.2) is 4.79 Å². The number of H-pyrrole nitrogens is 1. The zero-order valence-electron chi connectivity index (χ0n) is 30.9. The predicted molar refractivity (Wildman–Crippen MR) is 214 cm³/mol. The number of nitrogens with one attached hydrogen (secondary N) is 1. The molecule has 7 nitrogen and oxygen atoms in total. The summed E-state index contributed by atoms with van der Waals surface area (Å²) >= 11 is 0. The Morgan fingerprint density at radius 2 is 1.45 bits per heavy atom. The Morgan fingerprint density at radius 1 is 0.792 bits per heavy atom. The van der Waals surface area contributed by atoms with E-state index in [1.54, 1.807) is 26.2 Å². The number of hydrogen-bond acceptors (Lipinski definition) is 6. The van der Waals surface area contributed by atoms with Crippen LogP contribution < -0.4 is 19.8 Å². The third-order valence-electron chi connectivity index (χ3n) is 9.77. The Labute approximate surface area is 311 Å². The Hall–Kier alpha value is -5.57. The molecule has 0 bridgehead atoms. The van der Waals surface area contributed by atoms with Crippen molar-refractivity contribution < 1.29 is 27.8 Å². The van der Waals surface area contributed by atoms with Gasteiger partial charge in [-0.1, -0.05) is 124 Å². The average molecular weight is 724 g/mol. The van der Waals surface area contributed by atoms with Gasteiger partial charge in [0, 0.05) is 17.6 Å². The summed E-state index contributed by atoms with van der Waals surface area (Å²) in [5, 5.41) is 4.02. The lowest BCUT2D eigenvalue weighted by Gasteiger charge is -2.43. The van der Waals surface area contributed by atoms with Crippen LogP contribution in [0, 0.1) is 0 Å². The van der Waals surface area contributed by atoms with Crippen LogP contribution in [0.5, 0.6) is 11.5 Å². The Bertz CT molecular complexity index is 2280. The van der Waals surface area contributed by atoms with Gasteiger partial charge in [-0.3, -0.25) is 0 Å². The topological polar surface area (TPSA) is 82.9 Å². The van der Waals surface area contributed by atoms with Gasteiger partial charge in [-0.05, 0) is 58.6 Å². The second-order valence-electron chi connectivity index (χ2n) is 14.1. The number of furan rings is 1. The lowest BCUT2D eigenvalue weighted by Crippen LogP contribution is -2.66. The van der Waals surface area contributed by atoms with E-state index >= 15 is 0 Å². The first kappa shape index (κ1) is 35.8. The van der Waals surface area contributed by atoms with Crippen molar-refractivity contribution in [3.8, 4) is 23.0 Å². The molecule has 7 aromatic rings. The van der Waals surface area contributed by atoms with Gasteiger partial charge in [0.05, 0.1) is 35.9 Å². The molecule has 2 aromatic heterocycles. The fourth-order valence-corrected chi connectivity index (χ4v) is 11.9. The molecule has 1 N–H and O–H groups in total. The van der Waals surface area contributed by atoms with E-state index in [0.717, 1.165) is 38.9 Å². The highest BCUT2D eigenvalue weighted by Crippen LogP contribution is 2.42. The monoisotopic (exact) mass is 723 g/mol. The molecule has 0 unspecified atom stereocenters. The fraction of sp³-hybridized carbons (Fsp3) is 0.222. The second-order valence-corrected chi connectivity index (χ2v) is 18.4. The Balaban J connectivity index is 1.33. The summed E-state index contributed by atoms with van der Waals surface area (Å²) in [6.07, 6.45) is 0.522. The molecule has 0 aliphatic carbocycles. The zero-order valence-corrected chi connectivity index (χ0v) is 31.9. The van der Waals surface area contributed by atoms with Gasteiger partial charge >= 0.3 is 5.97 Å². The maximum atomic E-state index is 12.9. The minimum Gasteiger partial charge on any atom is -0.496 e. The van der Waals surface area contributed by atoms with Crippen molar-refractivity contribution in [2.75, 3.05) is 20.3 Å². The van der Waals surface area contributed by atoms with Crippen molar-refractivity contribution in [3.05, 3.63) is 144 Å². The van der Waals surface area contributed by atoms with Gasteiger partial charge < -0.3 is 28.0 Å². The molecule has 0 saturated carbocycles. The lowest BCUT2D eigenvalue weighted by molar-refractivity contribution is 0.0526. The normalized spacial score (nSPS) is 11.9. The van der Waals surface area contributed by atoms with Gasteiger partial charge in [0.1, 0.15) is 23.7 Å². The van der Waals surface area contributed by atoms with Crippen molar-refractivity contribution in [1.29, 1.82) is 0 Å². The van der Waals surface area contributed by atoms with Crippen LogP contribution in [0.2, 0.25) is 5.04 Å². The van der Waals surface area contributed by atoms with E-state index in [2.05, 4.69) is 98.6 Å². The summed E-state index contributed by atoms with van der Waals surface area (Å²) < 4.78 is 31.7. The number of carbonyl (C=O) groups excluding carboxylic acids is 1. The maximum absolute atomic E-state index is 12.9. The van der Waals surface area contributed by atoms with Crippen molar-refractivity contribution in [1.82, 2.24) is 4.98 Å². The molecule has 0 radical (unpaired) electrons. The highest BCUT2D eigenvalue weighted by Gasteiger charge is 2.50. The number of esters is 1. The first-order valence-electron chi connectivity index (χ1n) is 18.1. The van der Waals surface area contributed by atoms with E-state index < -0.39 is 14.3 Å². The summed E-state index contributed by atoms with van der Waals surface area (Å²) in [4.78, 5) is 16.5. The average Bonchev–Trinajstić information content (AvgIpc) is 3.78. The highest BCUT2D eigenvalue weighted by molar-refractivity contribution is 6.99. The van der Waals surface area contributed by atoms with Crippen LogP contribution >= 0.6 is 0 Å². The molecule has 0 amide bonds. The number of aromatic amines is 1. The van der Waals surface area contributed by atoms with Crippen LogP contribution in [0.1, 0.15) is 49.2 Å². The molecule has 0 spiro atoms. The Morgan fingerprint density at radius 3 is 2.08 bits per heavy atom. The van der Waals surface area contributed by atoms with Crippen molar-refractivity contribution in [2.24, 2.45) is 0 Å². The van der Waals surface area contributed by atoms with Gasteiger partial charge in [0.2, 0.25) is 0 Å². The number of benzene rings is 5. The van der Waals surface area contributed by atoms with Gasteiger partial charge in [-0.15, -0.1) is 0 Å². The highest BCUT2D eigenvalue weighted by atomic mass is 28.4. The van der Waals surface area contributed by atoms with E-state index in [0.29, 0.717) is 42.3 Å². The third kappa shape index (κ3) is 7.00. The molecule has 8 heteroatoms. The minimum atomic E-state index is -2.82. The molecule has 0 aliphatic heterocycles. The number of hydrogen-bond donors (Lipinski definition) is 1. The van der Waals surface area contributed by atoms with Crippen LogP contribution in [-0.4, -0.2) is 39.6 Å². The summed E-state index contributed by atoms with van der Waals surface area (Å²) in [6.45, 7) is 9.74. The van der Waals surface area contributed by atoms with E-state index in [9.17, 15) is 4.79 Å². The van der Waals surface area contributed by atoms with Crippen LogP contribution in [-0.2, 0) is 22.2 Å². The molecular weight excluding hydrogens is 679 g/mol. The lowest BCUT2D eigenvalue weighted by atomic mass is 10.0. The minimum absolute atomic E-state index is 0.184. The van der Waals surface area contributed by atoms with Crippen molar-refractivity contribution in [2.45, 2.75) is 45.8 Å². The maximum Gasteiger partial charge on any atom is 0.338 e. The molecule has 270 valence electrons. The molecule has 7 rings (SSSR count). The summed E-state index contributed by atoms with van der Waals surface area (Å²) in [7, 11) is -1.21. The summed E-state index contributed by atoms with van der Waals surface area (Å²) in [5.41, 5.74) is 4.55. The number of ether oxygens (including phenoxy) is 3. The van der Waals surface area contributed by atoms with E-state index in [4.69, 9.17) is 23.1 Å². The summed E-state index contributed by atoms with van der Waals surface area (Å²) in [6, 6.07) is 42.9. The number of methoxy groups -OCH3 is 1. The summed E-state index contributed by atoms with van der Waals surface area (Å²) in [5.74, 6) is 1.49. The predicted octanol–water partition coefficient (Wildman–Crippen LogP) is 9.46. The molecule has 0 fully saturated rings. The van der Waals surface area contributed by atoms with Crippen LogP contribution in [0.25, 0.3) is 33.3 Å². The zero-order chi connectivity index (χ0) is 37.0. The van der Waals surface area contributed by atoms with E-state index in [1.165, 1.54) is 10.4 Å². The SMILES string of the molecule is CCOC(=O)c1cc(OC)c2c(CCO[Si](c3ccccc3)(c3ccccc3)C(C)(C)C)c(-c3cc4cccc(OCc5ccccc5)c4[nH]3)oc2c1. The van der Waals surface area contributed by atoms with Crippen LogP contribution in [0.3, 0.4) is 0 Å². The fourth-order valence-electron chi connectivity index (χ4n) is 7.38. The molecule has 53 heavy (non-hydrogen) atoms. The molecular formula is C45H45NO6Si. The van der Waals surface area contributed by atoms with Crippen LogP contribution in [0.4, 0.5) is 0 Å².